The van der Waals surface area contributed by atoms with Crippen molar-refractivity contribution in [2.75, 3.05) is 13.1 Å². The number of carboxylic acid groups (broad SMARTS) is 1. The van der Waals surface area contributed by atoms with Gasteiger partial charge in [-0.1, -0.05) is 13.8 Å². The monoisotopic (exact) mass is 251 g/mol. The molecular weight excluding hydrogens is 230 g/mol. The van der Waals surface area contributed by atoms with Crippen LogP contribution in [0.4, 0.5) is 0 Å². The molecule has 0 bridgehead atoms. The van der Waals surface area contributed by atoms with Crippen LogP contribution in [0.2, 0.25) is 0 Å². The first-order valence-electron chi connectivity index (χ1n) is 6.52. The molecule has 0 radical (unpaired) electrons. The Morgan fingerprint density at radius 1 is 1.61 bits per heavy atom. The van der Waals surface area contributed by atoms with E-state index in [0.29, 0.717) is 0 Å². The minimum Gasteiger partial charge on any atom is -0.475 e. The molecule has 4 heteroatoms. The van der Waals surface area contributed by atoms with Gasteiger partial charge in [-0.2, -0.15) is 0 Å². The molecule has 1 aliphatic heterocycles. The lowest BCUT2D eigenvalue weighted by Crippen LogP contribution is -2.21. The molecule has 2 heterocycles. The number of rotatable bonds is 4. The highest BCUT2D eigenvalue weighted by Gasteiger charge is 2.25. The largest absolute Gasteiger partial charge is 0.475 e. The molecule has 2 rings (SSSR count). The fourth-order valence-electron chi connectivity index (χ4n) is 2.57. The molecule has 0 saturated carbocycles. The highest BCUT2D eigenvalue weighted by Crippen LogP contribution is 2.26. The zero-order valence-corrected chi connectivity index (χ0v) is 11.3. The minimum atomic E-state index is -0.995. The maximum atomic E-state index is 10.8. The van der Waals surface area contributed by atoms with E-state index in [4.69, 9.17) is 9.52 Å². The summed E-state index contributed by atoms with van der Waals surface area (Å²) in [6.45, 7) is 9.35. The number of nitrogens with zero attached hydrogens (tertiary/aromatic N) is 1. The van der Waals surface area contributed by atoms with Crippen molar-refractivity contribution in [1.82, 2.24) is 4.90 Å². The van der Waals surface area contributed by atoms with E-state index in [0.717, 1.165) is 42.8 Å². The van der Waals surface area contributed by atoms with Gasteiger partial charge in [-0.15, -0.1) is 0 Å². The molecule has 1 fully saturated rings. The van der Waals surface area contributed by atoms with Gasteiger partial charge in [0.2, 0.25) is 5.76 Å². The van der Waals surface area contributed by atoms with Gasteiger partial charge >= 0.3 is 5.97 Å². The number of carboxylic acids is 1. The second kappa shape index (κ2) is 5.14. The average Bonchev–Trinajstić information content (AvgIpc) is 2.87. The maximum Gasteiger partial charge on any atom is 0.371 e. The summed E-state index contributed by atoms with van der Waals surface area (Å²) in [6.07, 6.45) is 1.24. The van der Waals surface area contributed by atoms with Crippen molar-refractivity contribution in [1.29, 1.82) is 0 Å². The Morgan fingerprint density at radius 2 is 2.33 bits per heavy atom. The van der Waals surface area contributed by atoms with Crippen LogP contribution in [0.1, 0.15) is 42.1 Å². The third kappa shape index (κ3) is 2.75. The van der Waals surface area contributed by atoms with Crippen molar-refractivity contribution in [3.05, 3.63) is 23.2 Å². The van der Waals surface area contributed by atoms with Crippen LogP contribution in [0.15, 0.2) is 10.5 Å². The molecule has 0 aromatic carbocycles. The van der Waals surface area contributed by atoms with Crippen molar-refractivity contribution in [3.8, 4) is 0 Å². The van der Waals surface area contributed by atoms with Crippen molar-refractivity contribution >= 4 is 5.97 Å². The molecule has 1 N–H and O–H groups in total. The molecule has 18 heavy (non-hydrogen) atoms. The molecular formula is C14H21NO3. The first-order chi connectivity index (χ1) is 8.47. The highest BCUT2D eigenvalue weighted by molar-refractivity contribution is 5.84. The Balaban J connectivity index is 2.00. The summed E-state index contributed by atoms with van der Waals surface area (Å²) in [6, 6.07) is 1.65. The first-order valence-corrected chi connectivity index (χ1v) is 6.52. The number of furan rings is 1. The van der Waals surface area contributed by atoms with E-state index in [1.165, 1.54) is 6.42 Å². The van der Waals surface area contributed by atoms with E-state index < -0.39 is 5.97 Å². The summed E-state index contributed by atoms with van der Waals surface area (Å²) >= 11 is 0. The summed E-state index contributed by atoms with van der Waals surface area (Å²) in [4.78, 5) is 13.2. The van der Waals surface area contributed by atoms with E-state index >= 15 is 0 Å². The van der Waals surface area contributed by atoms with E-state index in [9.17, 15) is 4.79 Å². The second-order valence-electron chi connectivity index (χ2n) is 5.53. The molecule has 1 aromatic rings. The quantitative estimate of drug-likeness (QED) is 0.894. The van der Waals surface area contributed by atoms with Crippen LogP contribution in [-0.2, 0) is 6.54 Å². The molecule has 1 aliphatic rings. The maximum absolute atomic E-state index is 10.8. The topological polar surface area (TPSA) is 53.7 Å². The molecule has 0 spiro atoms. The fourth-order valence-corrected chi connectivity index (χ4v) is 2.57. The minimum absolute atomic E-state index is 0.0436. The molecule has 100 valence electrons. The van der Waals surface area contributed by atoms with Crippen molar-refractivity contribution in [2.45, 2.75) is 33.7 Å². The van der Waals surface area contributed by atoms with E-state index in [1.54, 1.807) is 6.07 Å². The van der Waals surface area contributed by atoms with Gasteiger partial charge in [-0.05, 0) is 37.8 Å². The van der Waals surface area contributed by atoms with Gasteiger partial charge in [0.1, 0.15) is 5.76 Å². The van der Waals surface area contributed by atoms with Gasteiger partial charge in [0.25, 0.3) is 0 Å². The lowest BCUT2D eigenvalue weighted by molar-refractivity contribution is 0.0661. The Kier molecular flexibility index (Phi) is 3.76. The Labute approximate surface area is 108 Å². The van der Waals surface area contributed by atoms with Crippen LogP contribution in [0.3, 0.4) is 0 Å². The van der Waals surface area contributed by atoms with Crippen LogP contribution in [-0.4, -0.2) is 29.1 Å². The zero-order chi connectivity index (χ0) is 13.3. The van der Waals surface area contributed by atoms with E-state index in [2.05, 4.69) is 18.7 Å². The number of likely N-dealkylation sites (tertiary alicyclic amines) is 1. The van der Waals surface area contributed by atoms with Crippen LogP contribution in [0.25, 0.3) is 0 Å². The average molecular weight is 251 g/mol. The molecule has 1 atom stereocenters. The molecule has 1 unspecified atom stereocenters. The van der Waals surface area contributed by atoms with Gasteiger partial charge in [0.05, 0.1) is 0 Å². The predicted octanol–water partition coefficient (Wildman–Crippen LogP) is 2.76. The highest BCUT2D eigenvalue weighted by atomic mass is 16.4. The lowest BCUT2D eigenvalue weighted by Gasteiger charge is -2.17. The summed E-state index contributed by atoms with van der Waals surface area (Å²) in [5.74, 6) is 1.25. The molecule has 0 aliphatic carbocycles. The lowest BCUT2D eigenvalue weighted by atomic mass is 9.95. The van der Waals surface area contributed by atoms with Crippen LogP contribution in [0.5, 0.6) is 0 Å². The molecule has 0 amide bonds. The van der Waals surface area contributed by atoms with Gasteiger partial charge < -0.3 is 9.52 Å². The van der Waals surface area contributed by atoms with Crippen molar-refractivity contribution < 1.29 is 14.3 Å². The third-order valence-electron chi connectivity index (χ3n) is 3.88. The van der Waals surface area contributed by atoms with Gasteiger partial charge in [-0.3, -0.25) is 4.90 Å². The first kappa shape index (κ1) is 13.1. The SMILES string of the molecule is Cc1oc(C(=O)O)cc1CN1CCC(C(C)C)C1. The summed E-state index contributed by atoms with van der Waals surface area (Å²) < 4.78 is 5.23. The number of carbonyl (C=O) groups is 1. The molecule has 1 saturated heterocycles. The Bertz CT molecular complexity index is 436. The van der Waals surface area contributed by atoms with Crippen LogP contribution in [0, 0.1) is 18.8 Å². The number of hydrogen-bond acceptors (Lipinski definition) is 3. The molecule has 1 aromatic heterocycles. The van der Waals surface area contributed by atoms with Crippen molar-refractivity contribution in [2.24, 2.45) is 11.8 Å². The van der Waals surface area contributed by atoms with Crippen LogP contribution >= 0.6 is 0 Å². The number of aryl methyl sites for hydroxylation is 1. The standard InChI is InChI=1S/C14H21NO3/c1-9(2)11-4-5-15(7-11)8-12-6-13(14(16)17)18-10(12)3/h6,9,11H,4-5,7-8H2,1-3H3,(H,16,17). The molecule has 4 nitrogen and oxygen atoms in total. The van der Waals surface area contributed by atoms with Gasteiger partial charge in [0, 0.05) is 18.7 Å². The summed E-state index contributed by atoms with van der Waals surface area (Å²) in [5, 5.41) is 8.89. The predicted molar refractivity (Wildman–Crippen MR) is 68.6 cm³/mol. The van der Waals surface area contributed by atoms with Crippen molar-refractivity contribution in [3.63, 3.8) is 0 Å². The van der Waals surface area contributed by atoms with E-state index in [-0.39, 0.29) is 5.76 Å². The smallest absolute Gasteiger partial charge is 0.371 e. The summed E-state index contributed by atoms with van der Waals surface area (Å²) in [7, 11) is 0. The Hall–Kier alpha value is -1.29. The van der Waals surface area contributed by atoms with E-state index in [1.807, 2.05) is 6.92 Å². The van der Waals surface area contributed by atoms with Gasteiger partial charge in [0.15, 0.2) is 0 Å². The number of aromatic carboxylic acids is 1. The zero-order valence-electron chi connectivity index (χ0n) is 11.3. The van der Waals surface area contributed by atoms with Gasteiger partial charge in [-0.25, -0.2) is 4.79 Å². The summed E-state index contributed by atoms with van der Waals surface area (Å²) in [5.41, 5.74) is 0.997. The number of hydrogen-bond donors (Lipinski definition) is 1. The third-order valence-corrected chi connectivity index (χ3v) is 3.88. The Morgan fingerprint density at radius 3 is 2.83 bits per heavy atom. The fraction of sp³-hybridized carbons (Fsp3) is 0.643. The van der Waals surface area contributed by atoms with Crippen LogP contribution < -0.4 is 0 Å². The second-order valence-corrected chi connectivity index (χ2v) is 5.53. The normalized spacial score (nSPS) is 20.8.